The fourth-order valence-electron chi connectivity index (χ4n) is 7.80. The van der Waals surface area contributed by atoms with Gasteiger partial charge >= 0.3 is 0 Å². The first-order valence-corrected chi connectivity index (χ1v) is 19.9. The zero-order chi connectivity index (χ0) is 39.9. The van der Waals surface area contributed by atoms with Crippen LogP contribution in [0.15, 0.2) is 188 Å². The SMILES string of the molecule is CC(C)(C)c1ccnc(-n2c3[c-]c(Oc4[c-]c(-n5[c-][n+](-c6ccc(-c7ccccc7)cc6-c6ccccc6)cc5)cc(-c5ccccc5)c4)ccc3c3ccccc32)c1.[Pt]. The Morgan fingerprint density at radius 1 is 0.583 bits per heavy atom. The van der Waals surface area contributed by atoms with Crippen LogP contribution in [0.4, 0.5) is 0 Å². The van der Waals surface area contributed by atoms with Gasteiger partial charge in [-0.25, -0.2) is 4.98 Å². The first-order chi connectivity index (χ1) is 28.9. The average Bonchev–Trinajstić information content (AvgIpc) is 3.90. The minimum Gasteiger partial charge on any atom is -0.510 e. The third kappa shape index (κ3) is 7.49. The van der Waals surface area contributed by atoms with Crippen LogP contribution in [0.1, 0.15) is 26.3 Å². The van der Waals surface area contributed by atoms with Gasteiger partial charge in [-0.1, -0.05) is 142 Å². The molecule has 0 unspecified atom stereocenters. The Balaban J connectivity index is 0.00000462. The normalized spacial score (nSPS) is 11.4. The Labute approximate surface area is 365 Å². The van der Waals surface area contributed by atoms with Crippen LogP contribution in [0, 0.1) is 18.5 Å². The van der Waals surface area contributed by atoms with E-state index in [4.69, 9.17) is 9.72 Å². The molecule has 6 heteroatoms. The van der Waals surface area contributed by atoms with E-state index in [1.165, 1.54) is 11.1 Å². The largest absolute Gasteiger partial charge is 0.510 e. The van der Waals surface area contributed by atoms with E-state index in [-0.39, 0.29) is 26.5 Å². The van der Waals surface area contributed by atoms with Crippen molar-refractivity contribution in [3.8, 4) is 62.1 Å². The monoisotopic (exact) mass is 955 g/mol. The van der Waals surface area contributed by atoms with Gasteiger partial charge in [0.25, 0.3) is 6.33 Å². The molecule has 0 saturated heterocycles. The van der Waals surface area contributed by atoms with Gasteiger partial charge in [0, 0.05) is 56.7 Å². The Bertz CT molecular complexity index is 3110. The molecule has 0 aliphatic heterocycles. The number of hydrogen-bond acceptors (Lipinski definition) is 2. The molecule has 0 atom stereocenters. The van der Waals surface area contributed by atoms with Crippen LogP contribution in [0.5, 0.6) is 11.5 Å². The summed E-state index contributed by atoms with van der Waals surface area (Å²) >= 11 is 0. The minimum atomic E-state index is -0.0284. The number of nitrogens with zero attached hydrogens (tertiary/aromatic N) is 4. The summed E-state index contributed by atoms with van der Waals surface area (Å²) in [5.41, 5.74) is 11.6. The van der Waals surface area contributed by atoms with E-state index in [2.05, 4.69) is 183 Å². The summed E-state index contributed by atoms with van der Waals surface area (Å²) in [5.74, 6) is 2.00. The topological polar surface area (TPSA) is 35.9 Å². The second-order valence-electron chi connectivity index (χ2n) is 15.8. The predicted molar refractivity (Wildman–Crippen MR) is 237 cm³/mol. The van der Waals surface area contributed by atoms with Gasteiger partial charge in [0.15, 0.2) is 0 Å². The van der Waals surface area contributed by atoms with Crippen LogP contribution in [0.2, 0.25) is 0 Å². The molecule has 294 valence electrons. The van der Waals surface area contributed by atoms with Crippen LogP contribution in [0.3, 0.4) is 0 Å². The van der Waals surface area contributed by atoms with E-state index >= 15 is 0 Å². The molecule has 0 fully saturated rings. The van der Waals surface area contributed by atoms with E-state index in [1.807, 2.05) is 58.1 Å². The molecule has 10 aromatic rings. The molecule has 0 spiro atoms. The zero-order valence-corrected chi connectivity index (χ0v) is 35.7. The molecule has 3 heterocycles. The molecule has 60 heavy (non-hydrogen) atoms. The second kappa shape index (κ2) is 16.1. The van der Waals surface area contributed by atoms with Crippen LogP contribution in [0.25, 0.3) is 72.4 Å². The molecular weight excluding hydrogens is 916 g/mol. The maximum atomic E-state index is 6.72. The standard InChI is InChI=1S/C54H40N4O.Pt/c1-54(2,3)43-27-28-55-53(34-43)58-51-22-14-13-21-47(51)48-25-24-45(36-52(48)58)59-46-32-42(39-17-9-5-10-18-39)31-44(35-46)56-29-30-57(37-56)50-26-23-41(38-15-7-4-8-16-38)33-49(50)40-19-11-6-12-20-40;/h4-34H,1-3H3;/q-2;. The number of aromatic nitrogens is 4. The van der Waals surface area contributed by atoms with Crippen molar-refractivity contribution < 1.29 is 30.4 Å². The summed E-state index contributed by atoms with van der Waals surface area (Å²) in [7, 11) is 0. The Morgan fingerprint density at radius 2 is 1.27 bits per heavy atom. The second-order valence-corrected chi connectivity index (χ2v) is 15.8. The van der Waals surface area contributed by atoms with Gasteiger partial charge in [0.05, 0.1) is 5.69 Å². The van der Waals surface area contributed by atoms with Crippen LogP contribution in [-0.4, -0.2) is 14.1 Å². The molecule has 0 bridgehead atoms. The van der Waals surface area contributed by atoms with Crippen molar-refractivity contribution in [2.75, 3.05) is 0 Å². The molecule has 0 saturated carbocycles. The molecule has 0 radical (unpaired) electrons. The van der Waals surface area contributed by atoms with E-state index < -0.39 is 0 Å². The van der Waals surface area contributed by atoms with Crippen molar-refractivity contribution in [2.45, 2.75) is 26.2 Å². The van der Waals surface area contributed by atoms with Gasteiger partial charge in [0.2, 0.25) is 0 Å². The van der Waals surface area contributed by atoms with Crippen LogP contribution >= 0.6 is 0 Å². The molecule has 0 N–H and O–H groups in total. The van der Waals surface area contributed by atoms with Crippen molar-refractivity contribution in [1.82, 2.24) is 14.1 Å². The van der Waals surface area contributed by atoms with E-state index in [1.54, 1.807) is 0 Å². The first kappa shape index (κ1) is 38.7. The molecule has 0 aliphatic rings. The first-order valence-electron chi connectivity index (χ1n) is 19.9. The van der Waals surface area contributed by atoms with Gasteiger partial charge in [-0.05, 0) is 80.2 Å². The number of pyridine rings is 1. The molecule has 7 aromatic carbocycles. The number of para-hydroxylation sites is 1. The predicted octanol–water partition coefficient (Wildman–Crippen LogP) is 12.7. The number of imidazole rings is 1. The number of benzene rings is 7. The fourth-order valence-corrected chi connectivity index (χ4v) is 7.80. The molecule has 0 aliphatic carbocycles. The Morgan fingerprint density at radius 3 is 2.00 bits per heavy atom. The quantitative estimate of drug-likeness (QED) is 0.112. The molecule has 0 amide bonds. The maximum absolute atomic E-state index is 6.72. The maximum Gasteiger partial charge on any atom is 0.267 e. The summed E-state index contributed by atoms with van der Waals surface area (Å²) in [4.78, 5) is 4.85. The van der Waals surface area contributed by atoms with Crippen LogP contribution in [-0.2, 0) is 26.5 Å². The fraction of sp³-hybridized carbons (Fsp3) is 0.0741. The minimum absolute atomic E-state index is 0. The summed E-state index contributed by atoms with van der Waals surface area (Å²) in [6.45, 7) is 6.67. The summed E-state index contributed by atoms with van der Waals surface area (Å²) in [6, 6.07) is 66.1. The number of fused-ring (bicyclic) bond motifs is 3. The summed E-state index contributed by atoms with van der Waals surface area (Å²) in [5, 5.41) is 2.21. The van der Waals surface area contributed by atoms with E-state index in [9.17, 15) is 0 Å². The van der Waals surface area contributed by atoms with Gasteiger partial charge < -0.3 is 13.9 Å². The number of hydrogen-bond donors (Lipinski definition) is 0. The zero-order valence-electron chi connectivity index (χ0n) is 33.4. The molecular formula is C54H40N4OPt-2. The molecule has 5 nitrogen and oxygen atoms in total. The van der Waals surface area contributed by atoms with E-state index in [0.29, 0.717) is 11.5 Å². The number of ether oxygens (including phenoxy) is 1. The average molecular weight is 956 g/mol. The van der Waals surface area contributed by atoms with Gasteiger partial charge in [-0.3, -0.25) is 4.57 Å². The van der Waals surface area contributed by atoms with Crippen molar-refractivity contribution in [2.24, 2.45) is 0 Å². The molecule has 3 aromatic heterocycles. The van der Waals surface area contributed by atoms with E-state index in [0.717, 1.165) is 66.8 Å². The van der Waals surface area contributed by atoms with Gasteiger partial charge in [0.1, 0.15) is 5.82 Å². The number of rotatable bonds is 8. The van der Waals surface area contributed by atoms with Crippen molar-refractivity contribution in [3.05, 3.63) is 212 Å². The van der Waals surface area contributed by atoms with Crippen LogP contribution < -0.4 is 9.30 Å². The summed E-state index contributed by atoms with van der Waals surface area (Å²) < 4.78 is 12.9. The van der Waals surface area contributed by atoms with Gasteiger partial charge in [-0.15, -0.1) is 35.2 Å². The summed E-state index contributed by atoms with van der Waals surface area (Å²) in [6.07, 6.45) is 9.54. The Hall–Kier alpha value is -6.81. The smallest absolute Gasteiger partial charge is 0.267 e. The van der Waals surface area contributed by atoms with Crippen molar-refractivity contribution >= 4 is 21.8 Å². The molecule has 10 rings (SSSR count). The van der Waals surface area contributed by atoms with Crippen molar-refractivity contribution in [3.63, 3.8) is 0 Å². The third-order valence-corrected chi connectivity index (χ3v) is 10.8. The third-order valence-electron chi connectivity index (χ3n) is 10.8. The van der Waals surface area contributed by atoms with Crippen molar-refractivity contribution in [1.29, 1.82) is 0 Å². The van der Waals surface area contributed by atoms with Gasteiger partial charge in [-0.2, -0.15) is 12.1 Å². The Kier molecular flexibility index (Phi) is 10.4.